The first-order valence-electron chi connectivity index (χ1n) is 7.12. The second-order valence-corrected chi connectivity index (χ2v) is 6.10. The lowest BCUT2D eigenvalue weighted by molar-refractivity contribution is 0.210. The van der Waals surface area contributed by atoms with Crippen LogP contribution in [-0.2, 0) is 13.1 Å². The van der Waals surface area contributed by atoms with Gasteiger partial charge in [-0.3, -0.25) is 4.90 Å². The smallest absolute Gasteiger partial charge is 0.0238 e. The molecule has 0 aliphatic carbocycles. The summed E-state index contributed by atoms with van der Waals surface area (Å²) >= 11 is 0. The highest BCUT2D eigenvalue weighted by molar-refractivity contribution is 5.85. The molecule has 0 saturated carbocycles. The summed E-state index contributed by atoms with van der Waals surface area (Å²) in [5.41, 5.74) is 8.66. The van der Waals surface area contributed by atoms with Crippen molar-refractivity contribution in [2.24, 2.45) is 5.73 Å². The fraction of sp³-hybridized carbons (Fsp3) is 0.333. The number of hydrogen-bond donors (Lipinski definition) is 1. The van der Waals surface area contributed by atoms with Crippen LogP contribution < -0.4 is 5.73 Å². The Morgan fingerprint density at radius 1 is 0.810 bits per heavy atom. The molecule has 2 rings (SSSR count). The summed E-state index contributed by atoms with van der Waals surface area (Å²) in [5, 5.41) is 0. The van der Waals surface area contributed by atoms with Gasteiger partial charge in [-0.1, -0.05) is 60.7 Å². The Labute approximate surface area is 134 Å². The van der Waals surface area contributed by atoms with Crippen molar-refractivity contribution >= 4 is 12.4 Å². The molecule has 0 aromatic heterocycles. The Morgan fingerprint density at radius 2 is 1.19 bits per heavy atom. The van der Waals surface area contributed by atoms with Gasteiger partial charge in [0.1, 0.15) is 0 Å². The van der Waals surface area contributed by atoms with Gasteiger partial charge >= 0.3 is 0 Å². The summed E-state index contributed by atoms with van der Waals surface area (Å²) in [6.07, 6.45) is 0. The molecule has 3 heteroatoms. The van der Waals surface area contributed by atoms with Crippen LogP contribution >= 0.6 is 12.4 Å². The highest BCUT2D eigenvalue weighted by Gasteiger charge is 2.17. The summed E-state index contributed by atoms with van der Waals surface area (Å²) in [7, 11) is 0. The fourth-order valence-electron chi connectivity index (χ4n) is 2.43. The first-order valence-corrected chi connectivity index (χ1v) is 7.12. The summed E-state index contributed by atoms with van der Waals surface area (Å²) in [5.74, 6) is 0. The Balaban J connectivity index is 0.00000220. The van der Waals surface area contributed by atoms with E-state index in [1.807, 2.05) is 0 Å². The van der Waals surface area contributed by atoms with Crippen molar-refractivity contribution in [3.63, 3.8) is 0 Å². The largest absolute Gasteiger partial charge is 0.324 e. The lowest BCUT2D eigenvalue weighted by Crippen LogP contribution is -2.44. The van der Waals surface area contributed by atoms with Gasteiger partial charge in [0.2, 0.25) is 0 Å². The summed E-state index contributed by atoms with van der Waals surface area (Å²) < 4.78 is 0. The van der Waals surface area contributed by atoms with E-state index >= 15 is 0 Å². The molecule has 0 aliphatic rings. The quantitative estimate of drug-likeness (QED) is 0.878. The molecule has 2 aromatic carbocycles. The molecule has 0 spiro atoms. The molecule has 0 aliphatic heterocycles. The summed E-state index contributed by atoms with van der Waals surface area (Å²) in [4.78, 5) is 2.41. The normalized spacial score (nSPS) is 11.2. The van der Waals surface area contributed by atoms with E-state index in [2.05, 4.69) is 79.4 Å². The number of benzene rings is 2. The lowest BCUT2D eigenvalue weighted by Gasteiger charge is -2.30. The average molecular weight is 305 g/mol. The molecule has 2 N–H and O–H groups in total. The molecule has 21 heavy (non-hydrogen) atoms. The molecule has 0 unspecified atom stereocenters. The van der Waals surface area contributed by atoms with E-state index < -0.39 is 0 Å². The van der Waals surface area contributed by atoms with Gasteiger partial charge in [0.15, 0.2) is 0 Å². The van der Waals surface area contributed by atoms with E-state index in [4.69, 9.17) is 5.73 Å². The highest BCUT2D eigenvalue weighted by atomic mass is 35.5. The van der Waals surface area contributed by atoms with E-state index in [1.54, 1.807) is 0 Å². The van der Waals surface area contributed by atoms with Crippen LogP contribution in [0.5, 0.6) is 0 Å². The fourth-order valence-corrected chi connectivity index (χ4v) is 2.43. The molecular weight excluding hydrogens is 280 g/mol. The first kappa shape index (κ1) is 17.7. The van der Waals surface area contributed by atoms with Crippen molar-refractivity contribution < 1.29 is 0 Å². The number of nitrogens with zero attached hydrogens (tertiary/aromatic N) is 1. The van der Waals surface area contributed by atoms with Gasteiger partial charge in [-0.25, -0.2) is 0 Å². The van der Waals surface area contributed by atoms with Gasteiger partial charge in [-0.05, 0) is 25.0 Å². The van der Waals surface area contributed by atoms with E-state index in [0.29, 0.717) is 0 Å². The average Bonchev–Trinajstić information content (AvgIpc) is 2.39. The number of halogens is 1. The molecule has 0 heterocycles. The van der Waals surface area contributed by atoms with Crippen LogP contribution in [0.4, 0.5) is 0 Å². The van der Waals surface area contributed by atoms with Crippen LogP contribution in [0.1, 0.15) is 25.0 Å². The van der Waals surface area contributed by atoms with Crippen molar-refractivity contribution in [1.82, 2.24) is 4.90 Å². The van der Waals surface area contributed by atoms with Crippen molar-refractivity contribution in [2.75, 3.05) is 6.54 Å². The molecule has 0 fully saturated rings. The number of rotatable bonds is 6. The molecule has 2 nitrogen and oxygen atoms in total. The third-order valence-corrected chi connectivity index (χ3v) is 3.13. The molecule has 114 valence electrons. The van der Waals surface area contributed by atoms with Gasteiger partial charge in [-0.15, -0.1) is 12.4 Å². The van der Waals surface area contributed by atoms with Crippen LogP contribution in [0.15, 0.2) is 60.7 Å². The Bertz CT molecular complexity index is 464. The number of nitrogens with two attached hydrogens (primary N) is 1. The van der Waals surface area contributed by atoms with E-state index in [9.17, 15) is 0 Å². The van der Waals surface area contributed by atoms with Crippen molar-refractivity contribution in [3.8, 4) is 0 Å². The predicted octanol–water partition coefficient (Wildman–Crippen LogP) is 3.85. The molecular formula is C18H25ClN2. The van der Waals surface area contributed by atoms with Crippen molar-refractivity contribution in [1.29, 1.82) is 0 Å². The van der Waals surface area contributed by atoms with E-state index in [0.717, 1.165) is 19.6 Å². The van der Waals surface area contributed by atoms with Crippen molar-refractivity contribution in [2.45, 2.75) is 32.5 Å². The molecule has 0 radical (unpaired) electrons. The van der Waals surface area contributed by atoms with E-state index in [-0.39, 0.29) is 17.9 Å². The topological polar surface area (TPSA) is 29.3 Å². The second-order valence-electron chi connectivity index (χ2n) is 6.10. The minimum absolute atomic E-state index is 0. The molecule has 0 saturated heterocycles. The Kier molecular flexibility index (Phi) is 6.90. The minimum Gasteiger partial charge on any atom is -0.324 e. The van der Waals surface area contributed by atoms with Gasteiger partial charge in [0.25, 0.3) is 0 Å². The van der Waals surface area contributed by atoms with Gasteiger partial charge in [0, 0.05) is 25.2 Å². The molecule has 0 bridgehead atoms. The Hall–Kier alpha value is -1.35. The van der Waals surface area contributed by atoms with Crippen LogP contribution in [0.3, 0.4) is 0 Å². The third-order valence-electron chi connectivity index (χ3n) is 3.13. The van der Waals surface area contributed by atoms with Gasteiger partial charge in [-0.2, -0.15) is 0 Å². The van der Waals surface area contributed by atoms with Crippen molar-refractivity contribution in [3.05, 3.63) is 71.8 Å². The first-order chi connectivity index (χ1) is 9.53. The molecule has 0 amide bonds. The maximum absolute atomic E-state index is 6.20. The SMILES string of the molecule is CC(C)(N)CN(Cc1ccccc1)Cc1ccccc1.Cl. The highest BCUT2D eigenvalue weighted by Crippen LogP contribution is 2.13. The lowest BCUT2D eigenvalue weighted by atomic mass is 10.1. The zero-order valence-corrected chi connectivity index (χ0v) is 13.6. The summed E-state index contributed by atoms with van der Waals surface area (Å²) in [6, 6.07) is 21.1. The summed E-state index contributed by atoms with van der Waals surface area (Å²) in [6.45, 7) is 6.88. The van der Waals surface area contributed by atoms with Crippen LogP contribution in [0.25, 0.3) is 0 Å². The number of hydrogen-bond acceptors (Lipinski definition) is 2. The maximum atomic E-state index is 6.20. The van der Waals surface area contributed by atoms with E-state index in [1.165, 1.54) is 11.1 Å². The zero-order valence-electron chi connectivity index (χ0n) is 12.8. The molecule has 0 atom stereocenters. The predicted molar refractivity (Wildman–Crippen MR) is 92.5 cm³/mol. The second kappa shape index (κ2) is 8.18. The zero-order chi connectivity index (χ0) is 14.4. The van der Waals surface area contributed by atoms with Gasteiger partial charge in [0.05, 0.1) is 0 Å². The molecule has 2 aromatic rings. The monoisotopic (exact) mass is 304 g/mol. The van der Waals surface area contributed by atoms with Crippen LogP contribution in [-0.4, -0.2) is 17.0 Å². The Morgan fingerprint density at radius 3 is 1.52 bits per heavy atom. The van der Waals surface area contributed by atoms with Crippen LogP contribution in [0, 0.1) is 0 Å². The third kappa shape index (κ3) is 6.76. The van der Waals surface area contributed by atoms with Crippen LogP contribution in [0.2, 0.25) is 0 Å². The van der Waals surface area contributed by atoms with Gasteiger partial charge < -0.3 is 5.73 Å². The standard InChI is InChI=1S/C18H24N2.ClH/c1-18(2,19)15-20(13-16-9-5-3-6-10-16)14-17-11-7-4-8-12-17;/h3-12H,13-15,19H2,1-2H3;1H. The minimum atomic E-state index is -0.191. The maximum Gasteiger partial charge on any atom is 0.0238 e.